The molecule has 2 N–H and O–H groups in total. The van der Waals surface area contributed by atoms with Gasteiger partial charge in [0, 0.05) is 24.5 Å². The highest BCUT2D eigenvalue weighted by Gasteiger charge is 2.11. The summed E-state index contributed by atoms with van der Waals surface area (Å²) in [6.07, 6.45) is 5.28. The average molecular weight is 364 g/mol. The van der Waals surface area contributed by atoms with Gasteiger partial charge in [0.05, 0.1) is 11.9 Å². The Morgan fingerprint density at radius 2 is 1.67 bits per heavy atom. The summed E-state index contributed by atoms with van der Waals surface area (Å²) in [6.45, 7) is 2.23. The summed E-state index contributed by atoms with van der Waals surface area (Å²) in [5.74, 6) is 0.420. The maximum atomic E-state index is 13.8. The molecule has 138 valence electrons. The van der Waals surface area contributed by atoms with E-state index < -0.39 is 0 Å². The molecule has 27 heavy (non-hydrogen) atoms. The summed E-state index contributed by atoms with van der Waals surface area (Å²) < 4.78 is 13.8. The summed E-state index contributed by atoms with van der Waals surface area (Å²) in [6, 6.07) is 14.6. The van der Waals surface area contributed by atoms with Crippen LogP contribution in [-0.2, 0) is 0 Å². The van der Waals surface area contributed by atoms with Gasteiger partial charge in [0.25, 0.3) is 0 Å². The fourth-order valence-corrected chi connectivity index (χ4v) is 3.15. The van der Waals surface area contributed by atoms with Crippen molar-refractivity contribution in [3.63, 3.8) is 0 Å². The zero-order chi connectivity index (χ0) is 18.5. The number of nitrogens with one attached hydrogen (secondary N) is 2. The summed E-state index contributed by atoms with van der Waals surface area (Å²) >= 11 is 0. The number of para-hydroxylation sites is 1. The number of rotatable bonds is 5. The van der Waals surface area contributed by atoms with Crippen LogP contribution in [0.2, 0.25) is 0 Å². The third-order valence-electron chi connectivity index (χ3n) is 4.54. The number of hydrogen-bond acceptors (Lipinski definition) is 6. The van der Waals surface area contributed by atoms with Crippen LogP contribution in [0.4, 0.5) is 33.2 Å². The molecule has 0 aliphatic carbocycles. The largest absolute Gasteiger partial charge is 0.372 e. The molecule has 4 rings (SSSR count). The van der Waals surface area contributed by atoms with Crippen LogP contribution in [0, 0.1) is 5.82 Å². The van der Waals surface area contributed by atoms with Crippen LogP contribution in [0.3, 0.4) is 0 Å². The van der Waals surface area contributed by atoms with E-state index in [-0.39, 0.29) is 5.82 Å². The first-order valence-corrected chi connectivity index (χ1v) is 9.11. The van der Waals surface area contributed by atoms with Gasteiger partial charge < -0.3 is 15.5 Å². The number of hydrogen-bond donors (Lipinski definition) is 2. The molecule has 0 amide bonds. The molecule has 1 aliphatic rings. The van der Waals surface area contributed by atoms with Gasteiger partial charge in [0.1, 0.15) is 5.82 Å². The number of aromatic nitrogens is 3. The van der Waals surface area contributed by atoms with E-state index in [2.05, 4.69) is 42.8 Å². The standard InChI is InChI=1S/C20H21FN6/c21-17-6-2-3-7-18(17)24-19-14-22-26-20(25-19)23-15-8-10-16(11-9-15)27-12-4-1-5-13-27/h2-3,6-11,14H,1,4-5,12-13H2,(H2,23,24,25,26). The van der Waals surface area contributed by atoms with E-state index in [4.69, 9.17) is 0 Å². The van der Waals surface area contributed by atoms with Gasteiger partial charge in [0.15, 0.2) is 5.82 Å². The molecule has 0 unspecified atom stereocenters. The van der Waals surface area contributed by atoms with Crippen molar-refractivity contribution in [2.45, 2.75) is 19.3 Å². The second kappa shape index (κ2) is 7.99. The molecule has 1 aliphatic heterocycles. The lowest BCUT2D eigenvalue weighted by Crippen LogP contribution is -2.29. The Labute approximate surface area is 157 Å². The van der Waals surface area contributed by atoms with E-state index in [1.807, 2.05) is 12.1 Å². The molecule has 0 saturated carbocycles. The molecule has 1 fully saturated rings. The van der Waals surface area contributed by atoms with Crippen LogP contribution in [0.5, 0.6) is 0 Å². The molecule has 7 heteroatoms. The van der Waals surface area contributed by atoms with Gasteiger partial charge in [-0.2, -0.15) is 10.1 Å². The minimum Gasteiger partial charge on any atom is -0.372 e. The SMILES string of the molecule is Fc1ccccc1Nc1cnnc(Nc2ccc(N3CCCCC3)cc2)n1. The zero-order valence-electron chi connectivity index (χ0n) is 14.9. The monoisotopic (exact) mass is 364 g/mol. The normalized spacial score (nSPS) is 14.0. The van der Waals surface area contributed by atoms with Crippen molar-refractivity contribution in [2.24, 2.45) is 0 Å². The lowest BCUT2D eigenvalue weighted by molar-refractivity contribution is 0.578. The minimum absolute atomic E-state index is 0.342. The predicted octanol–water partition coefficient (Wildman–Crippen LogP) is 4.49. The summed E-state index contributed by atoms with van der Waals surface area (Å²) in [5, 5.41) is 14.0. The first kappa shape index (κ1) is 17.2. The predicted molar refractivity (Wildman–Crippen MR) is 105 cm³/mol. The molecule has 2 heterocycles. The third kappa shape index (κ3) is 4.31. The van der Waals surface area contributed by atoms with E-state index >= 15 is 0 Å². The summed E-state index contributed by atoms with van der Waals surface area (Å²) in [7, 11) is 0. The molecule has 0 atom stereocenters. The lowest BCUT2D eigenvalue weighted by Gasteiger charge is -2.28. The Bertz CT molecular complexity index is 893. The second-order valence-electron chi connectivity index (χ2n) is 6.49. The Morgan fingerprint density at radius 3 is 2.44 bits per heavy atom. The fraction of sp³-hybridized carbons (Fsp3) is 0.250. The first-order valence-electron chi connectivity index (χ1n) is 9.11. The Hall–Kier alpha value is -3.22. The molecule has 1 aromatic heterocycles. The number of nitrogens with zero attached hydrogens (tertiary/aromatic N) is 4. The van der Waals surface area contributed by atoms with Crippen molar-refractivity contribution in [3.8, 4) is 0 Å². The van der Waals surface area contributed by atoms with Crippen molar-refractivity contribution in [1.29, 1.82) is 0 Å². The summed E-state index contributed by atoms with van der Waals surface area (Å²) in [4.78, 5) is 6.75. The van der Waals surface area contributed by atoms with E-state index in [1.165, 1.54) is 37.2 Å². The first-order chi connectivity index (χ1) is 13.3. The van der Waals surface area contributed by atoms with Crippen molar-refractivity contribution >= 4 is 28.8 Å². The van der Waals surface area contributed by atoms with E-state index in [1.54, 1.807) is 18.2 Å². The number of halogens is 1. The maximum Gasteiger partial charge on any atom is 0.249 e. The molecule has 3 aromatic rings. The third-order valence-corrected chi connectivity index (χ3v) is 4.54. The van der Waals surface area contributed by atoms with Gasteiger partial charge in [-0.05, 0) is 55.7 Å². The molecule has 0 bridgehead atoms. The molecular formula is C20H21FN6. The highest BCUT2D eigenvalue weighted by Crippen LogP contribution is 2.23. The minimum atomic E-state index is -0.348. The quantitative estimate of drug-likeness (QED) is 0.695. The van der Waals surface area contributed by atoms with Crippen LogP contribution in [-0.4, -0.2) is 28.3 Å². The van der Waals surface area contributed by atoms with Gasteiger partial charge in [-0.3, -0.25) is 0 Å². The van der Waals surface area contributed by atoms with Crippen LogP contribution in [0.25, 0.3) is 0 Å². The smallest absolute Gasteiger partial charge is 0.249 e. The molecule has 6 nitrogen and oxygen atoms in total. The van der Waals surface area contributed by atoms with Crippen LogP contribution >= 0.6 is 0 Å². The lowest BCUT2D eigenvalue weighted by atomic mass is 10.1. The van der Waals surface area contributed by atoms with Crippen molar-refractivity contribution < 1.29 is 4.39 Å². The van der Waals surface area contributed by atoms with Crippen molar-refractivity contribution in [3.05, 3.63) is 60.5 Å². The van der Waals surface area contributed by atoms with E-state index in [0.29, 0.717) is 17.5 Å². The number of piperidine rings is 1. The fourth-order valence-electron chi connectivity index (χ4n) is 3.15. The molecule has 0 spiro atoms. The highest BCUT2D eigenvalue weighted by atomic mass is 19.1. The highest BCUT2D eigenvalue weighted by molar-refractivity contribution is 5.61. The number of benzene rings is 2. The Balaban J connectivity index is 1.44. The van der Waals surface area contributed by atoms with Gasteiger partial charge in [-0.25, -0.2) is 4.39 Å². The second-order valence-corrected chi connectivity index (χ2v) is 6.49. The Kier molecular flexibility index (Phi) is 5.09. The van der Waals surface area contributed by atoms with E-state index in [9.17, 15) is 4.39 Å². The van der Waals surface area contributed by atoms with Gasteiger partial charge in [-0.1, -0.05) is 12.1 Å². The zero-order valence-corrected chi connectivity index (χ0v) is 14.9. The Morgan fingerprint density at radius 1 is 0.889 bits per heavy atom. The van der Waals surface area contributed by atoms with Crippen molar-refractivity contribution in [2.75, 3.05) is 28.6 Å². The molecule has 1 saturated heterocycles. The van der Waals surface area contributed by atoms with Gasteiger partial charge in [0.2, 0.25) is 5.95 Å². The average Bonchev–Trinajstić information content (AvgIpc) is 2.71. The topological polar surface area (TPSA) is 66.0 Å². The van der Waals surface area contributed by atoms with Crippen LogP contribution in [0.15, 0.2) is 54.7 Å². The van der Waals surface area contributed by atoms with E-state index in [0.717, 1.165) is 18.8 Å². The maximum absolute atomic E-state index is 13.8. The van der Waals surface area contributed by atoms with Crippen molar-refractivity contribution in [1.82, 2.24) is 15.2 Å². The molecule has 2 aromatic carbocycles. The van der Waals surface area contributed by atoms with Gasteiger partial charge in [-0.15, -0.1) is 5.10 Å². The summed E-state index contributed by atoms with van der Waals surface area (Å²) in [5.41, 5.74) is 2.45. The molecule has 0 radical (unpaired) electrons. The van der Waals surface area contributed by atoms with Gasteiger partial charge >= 0.3 is 0 Å². The number of anilines is 5. The molecular weight excluding hydrogens is 343 g/mol. The van der Waals surface area contributed by atoms with Crippen LogP contribution < -0.4 is 15.5 Å². The van der Waals surface area contributed by atoms with Crippen LogP contribution in [0.1, 0.15) is 19.3 Å².